The van der Waals surface area contributed by atoms with E-state index in [0.717, 1.165) is 16.2 Å². The molecule has 0 N–H and O–H groups in total. The van der Waals surface area contributed by atoms with Crippen LogP contribution in [0.5, 0.6) is 5.75 Å². The predicted octanol–water partition coefficient (Wildman–Crippen LogP) is 3.18. The Morgan fingerprint density at radius 3 is 2.77 bits per heavy atom. The zero-order chi connectivity index (χ0) is 21.8. The molecule has 4 heterocycles. The average Bonchev–Trinajstić information content (AvgIpc) is 3.33. The number of nitrogens with zero attached hydrogens (tertiary/aromatic N) is 3. The van der Waals surface area contributed by atoms with Gasteiger partial charge in [0.05, 0.1) is 24.3 Å². The molecule has 158 valence electrons. The van der Waals surface area contributed by atoms with Crippen molar-refractivity contribution in [2.75, 3.05) is 17.5 Å². The molecule has 0 bridgehead atoms. The molecule has 5 rings (SSSR count). The van der Waals surface area contributed by atoms with Crippen molar-refractivity contribution in [3.8, 4) is 5.75 Å². The lowest BCUT2D eigenvalue weighted by Gasteiger charge is -2.30. The number of rotatable bonds is 4. The van der Waals surface area contributed by atoms with Crippen molar-refractivity contribution in [1.82, 2.24) is 9.88 Å². The van der Waals surface area contributed by atoms with E-state index in [2.05, 4.69) is 4.98 Å². The fourth-order valence-electron chi connectivity index (χ4n) is 3.52. The van der Waals surface area contributed by atoms with Crippen LogP contribution in [0.3, 0.4) is 0 Å². The van der Waals surface area contributed by atoms with Crippen molar-refractivity contribution in [3.63, 3.8) is 0 Å². The first-order valence-electron chi connectivity index (χ1n) is 9.21. The molecule has 0 aliphatic carbocycles. The van der Waals surface area contributed by atoms with Crippen molar-refractivity contribution in [2.45, 2.75) is 10.8 Å². The van der Waals surface area contributed by atoms with Crippen molar-refractivity contribution >= 4 is 50.5 Å². The lowest BCUT2D eigenvalue weighted by atomic mass is 10.2. The minimum absolute atomic E-state index is 0.0280. The molecular formula is C20H14ClN3O5S2. The van der Waals surface area contributed by atoms with E-state index in [1.165, 1.54) is 16.6 Å². The summed E-state index contributed by atoms with van der Waals surface area (Å²) in [4.78, 5) is 30.7. The Labute approximate surface area is 186 Å². The number of fused-ring (bicyclic) bond motifs is 2. The molecule has 2 amide bonds. The summed E-state index contributed by atoms with van der Waals surface area (Å²) in [5, 5.41) is 0.399. The molecule has 0 unspecified atom stereocenters. The fraction of sp³-hybridized carbons (Fsp3) is 0.150. The van der Waals surface area contributed by atoms with Gasteiger partial charge in [-0.2, -0.15) is 0 Å². The van der Waals surface area contributed by atoms with Gasteiger partial charge >= 0.3 is 0 Å². The lowest BCUT2D eigenvalue weighted by molar-refractivity contribution is 0.0642. The minimum atomic E-state index is -3.87. The molecular weight excluding hydrogens is 462 g/mol. The van der Waals surface area contributed by atoms with Gasteiger partial charge in [-0.1, -0.05) is 11.6 Å². The smallest absolute Gasteiger partial charge is 0.280 e. The highest BCUT2D eigenvalue weighted by atomic mass is 35.5. The van der Waals surface area contributed by atoms with Gasteiger partial charge in [0.15, 0.2) is 0 Å². The molecule has 0 spiro atoms. The largest absolute Gasteiger partial charge is 0.489 e. The number of amides is 2. The van der Waals surface area contributed by atoms with E-state index in [1.54, 1.807) is 36.4 Å². The van der Waals surface area contributed by atoms with Crippen LogP contribution in [0.25, 0.3) is 0 Å². The van der Waals surface area contributed by atoms with Crippen LogP contribution in [0, 0.1) is 0 Å². The van der Waals surface area contributed by atoms with Crippen LogP contribution in [0.1, 0.15) is 25.7 Å². The van der Waals surface area contributed by atoms with Gasteiger partial charge in [-0.15, -0.1) is 11.3 Å². The molecule has 0 atom stereocenters. The SMILES string of the molecule is O=C1c2cccnc2C(=O)N1Cc1ccc(S(=O)(=O)N2CCOc3ccc(Cl)cc32)s1. The Kier molecular flexibility index (Phi) is 4.72. The monoisotopic (exact) mass is 475 g/mol. The maximum atomic E-state index is 13.3. The van der Waals surface area contributed by atoms with Crippen molar-refractivity contribution in [3.05, 3.63) is 69.8 Å². The van der Waals surface area contributed by atoms with Crippen LogP contribution in [-0.2, 0) is 16.6 Å². The Bertz CT molecular complexity index is 1300. The van der Waals surface area contributed by atoms with E-state index < -0.39 is 21.8 Å². The van der Waals surface area contributed by atoms with Gasteiger partial charge in [-0.05, 0) is 42.5 Å². The Balaban J connectivity index is 1.42. The van der Waals surface area contributed by atoms with Crippen LogP contribution in [0.15, 0.2) is 52.9 Å². The maximum absolute atomic E-state index is 13.3. The van der Waals surface area contributed by atoms with E-state index in [9.17, 15) is 18.0 Å². The number of thiophene rings is 1. The number of pyridine rings is 1. The standard InChI is InChI=1S/C20H14ClN3O5S2/c21-12-3-5-16-15(10-12)24(8-9-29-16)31(27,28)17-6-4-13(30-17)11-23-19(25)14-2-1-7-22-18(14)20(23)26/h1-7,10H,8-9,11H2. The van der Waals surface area contributed by atoms with Gasteiger partial charge < -0.3 is 4.74 Å². The van der Waals surface area contributed by atoms with Crippen LogP contribution in [0.2, 0.25) is 5.02 Å². The van der Waals surface area contributed by atoms with E-state index >= 15 is 0 Å². The molecule has 0 radical (unpaired) electrons. The number of aromatic nitrogens is 1. The normalized spacial score (nSPS) is 15.6. The number of anilines is 1. The number of carbonyl (C=O) groups excluding carboxylic acids is 2. The summed E-state index contributed by atoms with van der Waals surface area (Å²) in [7, 11) is -3.87. The molecule has 0 fully saturated rings. The maximum Gasteiger partial charge on any atom is 0.280 e. The first-order chi connectivity index (χ1) is 14.9. The third-order valence-corrected chi connectivity index (χ3v) is 8.55. The van der Waals surface area contributed by atoms with Crippen LogP contribution >= 0.6 is 22.9 Å². The van der Waals surface area contributed by atoms with E-state index in [1.807, 2.05) is 0 Å². The van der Waals surface area contributed by atoms with Gasteiger partial charge in [0.2, 0.25) is 0 Å². The van der Waals surface area contributed by atoms with Crippen molar-refractivity contribution < 1.29 is 22.7 Å². The molecule has 2 aliphatic rings. The Hall–Kier alpha value is -2.95. The quantitative estimate of drug-likeness (QED) is 0.538. The average molecular weight is 476 g/mol. The van der Waals surface area contributed by atoms with Gasteiger partial charge in [0.1, 0.15) is 22.3 Å². The topological polar surface area (TPSA) is 96.9 Å². The molecule has 2 aliphatic heterocycles. The van der Waals surface area contributed by atoms with Crippen molar-refractivity contribution in [1.29, 1.82) is 0 Å². The first kappa shape index (κ1) is 20.0. The fourth-order valence-corrected chi connectivity index (χ4v) is 6.60. The van der Waals surface area contributed by atoms with Crippen LogP contribution in [-0.4, -0.2) is 43.3 Å². The molecule has 11 heteroatoms. The highest BCUT2D eigenvalue weighted by Crippen LogP contribution is 2.38. The molecule has 8 nitrogen and oxygen atoms in total. The minimum Gasteiger partial charge on any atom is -0.489 e. The van der Waals surface area contributed by atoms with Gasteiger partial charge in [-0.25, -0.2) is 8.42 Å². The lowest BCUT2D eigenvalue weighted by Crippen LogP contribution is -2.37. The predicted molar refractivity (Wildman–Crippen MR) is 114 cm³/mol. The van der Waals surface area contributed by atoms with Gasteiger partial charge in [-0.3, -0.25) is 23.8 Å². The van der Waals surface area contributed by atoms with Crippen LogP contribution < -0.4 is 9.04 Å². The Morgan fingerprint density at radius 1 is 1.13 bits per heavy atom. The van der Waals surface area contributed by atoms with E-state index in [-0.39, 0.29) is 35.2 Å². The summed E-state index contributed by atoms with van der Waals surface area (Å²) in [5.74, 6) is -0.493. The number of ether oxygens (including phenoxy) is 1. The van der Waals surface area contributed by atoms with E-state index in [0.29, 0.717) is 21.3 Å². The molecule has 3 aromatic rings. The van der Waals surface area contributed by atoms with Crippen LogP contribution in [0.4, 0.5) is 5.69 Å². The number of carbonyl (C=O) groups is 2. The second-order valence-corrected chi connectivity index (χ2v) is 10.5. The van der Waals surface area contributed by atoms with Gasteiger partial charge in [0.25, 0.3) is 21.8 Å². The highest BCUT2D eigenvalue weighted by molar-refractivity contribution is 7.94. The third-order valence-electron chi connectivity index (χ3n) is 4.97. The molecule has 31 heavy (non-hydrogen) atoms. The summed E-state index contributed by atoms with van der Waals surface area (Å²) in [6, 6.07) is 11.0. The highest BCUT2D eigenvalue weighted by Gasteiger charge is 2.37. The summed E-state index contributed by atoms with van der Waals surface area (Å²) < 4.78 is 33.5. The number of imide groups is 1. The molecule has 2 aromatic heterocycles. The number of sulfonamides is 1. The molecule has 0 saturated heterocycles. The number of hydrogen-bond acceptors (Lipinski definition) is 7. The Morgan fingerprint density at radius 2 is 1.97 bits per heavy atom. The number of halogens is 1. The molecule has 0 saturated carbocycles. The first-order valence-corrected chi connectivity index (χ1v) is 11.8. The summed E-state index contributed by atoms with van der Waals surface area (Å²) in [6.07, 6.45) is 1.45. The summed E-state index contributed by atoms with van der Waals surface area (Å²) in [5.41, 5.74) is 0.734. The third kappa shape index (κ3) is 3.27. The van der Waals surface area contributed by atoms with E-state index in [4.69, 9.17) is 16.3 Å². The summed E-state index contributed by atoms with van der Waals surface area (Å²) in [6.45, 7) is 0.334. The second-order valence-electron chi connectivity index (χ2n) is 6.85. The molecule has 1 aromatic carbocycles. The summed E-state index contributed by atoms with van der Waals surface area (Å²) >= 11 is 7.07. The van der Waals surface area contributed by atoms with Crippen molar-refractivity contribution in [2.24, 2.45) is 0 Å². The number of benzene rings is 1. The number of hydrogen-bond donors (Lipinski definition) is 0. The second kappa shape index (κ2) is 7.33. The zero-order valence-corrected chi connectivity index (χ0v) is 18.2. The van der Waals surface area contributed by atoms with Gasteiger partial charge in [0, 0.05) is 16.1 Å². The zero-order valence-electron chi connectivity index (χ0n) is 15.8.